The first-order valence-electron chi connectivity index (χ1n) is 23.2. The monoisotopic (exact) mass is 751 g/mol. The number of carbonyl (C=O) groups is 3. The summed E-state index contributed by atoms with van der Waals surface area (Å²) < 4.78 is 16.7. The van der Waals surface area contributed by atoms with Gasteiger partial charge < -0.3 is 14.2 Å². The number of ether oxygens (including phenoxy) is 3. The summed E-state index contributed by atoms with van der Waals surface area (Å²) in [7, 11) is 0. The Morgan fingerprint density at radius 2 is 0.623 bits per heavy atom. The quantitative estimate of drug-likeness (QED) is 0.0352. The van der Waals surface area contributed by atoms with Crippen molar-refractivity contribution in [2.45, 2.75) is 259 Å². The van der Waals surface area contributed by atoms with E-state index in [9.17, 15) is 14.4 Å². The number of carbonyl (C=O) groups excluding carboxylic acids is 3. The highest BCUT2D eigenvalue weighted by atomic mass is 16.6. The van der Waals surface area contributed by atoms with Crippen LogP contribution >= 0.6 is 0 Å². The van der Waals surface area contributed by atoms with E-state index >= 15 is 0 Å². The predicted molar refractivity (Wildman–Crippen MR) is 224 cm³/mol. The third-order valence-electron chi connectivity index (χ3n) is 10.5. The predicted octanol–water partition coefficient (Wildman–Crippen LogP) is 14.6. The zero-order valence-electron chi connectivity index (χ0n) is 36.1. The Bertz CT molecular complexity index is 809. The Labute approximate surface area is 329 Å². The van der Waals surface area contributed by atoms with Gasteiger partial charge in [0.05, 0.1) is 0 Å². The van der Waals surface area contributed by atoms with E-state index in [1.807, 2.05) is 0 Å². The van der Waals surface area contributed by atoms with Gasteiger partial charge in [0.15, 0.2) is 6.10 Å². The van der Waals surface area contributed by atoms with Crippen LogP contribution in [0.3, 0.4) is 0 Å². The maximum absolute atomic E-state index is 12.7. The molecule has 6 heteroatoms. The molecule has 314 valence electrons. The summed E-state index contributed by atoms with van der Waals surface area (Å²) in [5, 5.41) is 0. The van der Waals surface area contributed by atoms with Crippen LogP contribution in [0.5, 0.6) is 0 Å². The van der Waals surface area contributed by atoms with E-state index in [0.717, 1.165) is 69.6 Å². The summed E-state index contributed by atoms with van der Waals surface area (Å²) in [5.74, 6) is 0.719. The summed E-state index contributed by atoms with van der Waals surface area (Å²) >= 11 is 0. The van der Waals surface area contributed by atoms with Gasteiger partial charge in [-0.05, 0) is 31.1 Å². The van der Waals surface area contributed by atoms with Crippen LogP contribution in [-0.2, 0) is 28.6 Å². The summed E-state index contributed by atoms with van der Waals surface area (Å²) in [6, 6.07) is 0. The van der Waals surface area contributed by atoms with Crippen LogP contribution in [0, 0.1) is 11.8 Å². The minimum absolute atomic E-state index is 0.0653. The van der Waals surface area contributed by atoms with Crippen LogP contribution in [0.15, 0.2) is 0 Å². The highest BCUT2D eigenvalue weighted by Crippen LogP contribution is 2.16. The molecule has 0 bridgehead atoms. The van der Waals surface area contributed by atoms with Crippen molar-refractivity contribution in [3.8, 4) is 0 Å². The average Bonchev–Trinajstić information content (AvgIpc) is 3.12. The molecule has 0 aromatic carbocycles. The van der Waals surface area contributed by atoms with Crippen LogP contribution in [0.4, 0.5) is 0 Å². The maximum atomic E-state index is 12.7. The van der Waals surface area contributed by atoms with Crippen LogP contribution in [-0.4, -0.2) is 37.2 Å². The zero-order valence-corrected chi connectivity index (χ0v) is 36.1. The van der Waals surface area contributed by atoms with Crippen molar-refractivity contribution in [3.63, 3.8) is 0 Å². The average molecular weight is 751 g/mol. The van der Waals surface area contributed by atoms with Crippen molar-refractivity contribution in [2.75, 3.05) is 13.2 Å². The van der Waals surface area contributed by atoms with Gasteiger partial charge in [0.2, 0.25) is 0 Å². The minimum atomic E-state index is -0.761. The lowest BCUT2D eigenvalue weighted by atomic mass is 10.0. The molecule has 0 aliphatic rings. The molecule has 0 amide bonds. The van der Waals surface area contributed by atoms with Gasteiger partial charge in [-0.2, -0.15) is 0 Å². The molecule has 0 aliphatic heterocycles. The lowest BCUT2D eigenvalue weighted by molar-refractivity contribution is -0.167. The van der Waals surface area contributed by atoms with Gasteiger partial charge in [-0.15, -0.1) is 0 Å². The minimum Gasteiger partial charge on any atom is -0.462 e. The van der Waals surface area contributed by atoms with Crippen molar-refractivity contribution in [1.82, 2.24) is 0 Å². The molecule has 0 unspecified atom stereocenters. The molecule has 6 nitrogen and oxygen atoms in total. The lowest BCUT2D eigenvalue weighted by Gasteiger charge is -2.18. The normalized spacial score (nSPS) is 12.1. The fraction of sp³-hybridized carbons (Fsp3) is 0.936. The fourth-order valence-corrected chi connectivity index (χ4v) is 6.93. The summed E-state index contributed by atoms with van der Waals surface area (Å²) in [6.07, 6.45) is 38.1. The molecule has 0 radical (unpaired) electrons. The van der Waals surface area contributed by atoms with Gasteiger partial charge in [0.25, 0.3) is 0 Å². The molecule has 0 saturated carbocycles. The number of unbranched alkanes of at least 4 members (excludes halogenated alkanes) is 26. The maximum Gasteiger partial charge on any atom is 0.306 e. The van der Waals surface area contributed by atoms with Crippen molar-refractivity contribution < 1.29 is 28.6 Å². The summed E-state index contributed by atoms with van der Waals surface area (Å²) in [6.45, 7) is 11.3. The molecule has 0 aromatic rings. The second kappa shape index (κ2) is 40.1. The van der Waals surface area contributed by atoms with Crippen molar-refractivity contribution in [1.29, 1.82) is 0 Å². The van der Waals surface area contributed by atoms with E-state index in [2.05, 4.69) is 34.6 Å². The molecule has 0 aliphatic carbocycles. The van der Waals surface area contributed by atoms with Gasteiger partial charge in [-0.25, -0.2) is 0 Å². The molecule has 0 N–H and O–H groups in total. The van der Waals surface area contributed by atoms with Crippen LogP contribution < -0.4 is 0 Å². The van der Waals surface area contributed by atoms with Gasteiger partial charge in [-0.3, -0.25) is 14.4 Å². The molecule has 0 fully saturated rings. The standard InChI is InChI=1S/C47H90O6/c1-6-7-8-9-10-11-12-13-14-18-21-27-32-37-45(48)51-40-44(41-52-46(49)38-33-28-24-23-26-31-36-43(4)5)53-47(50)39-34-29-22-19-16-15-17-20-25-30-35-42(2)3/h42-44H,6-41H2,1-5H3/t44-/m1/s1. The van der Waals surface area contributed by atoms with Gasteiger partial charge in [0.1, 0.15) is 13.2 Å². The molecular formula is C47H90O6. The van der Waals surface area contributed by atoms with Crippen LogP contribution in [0.25, 0.3) is 0 Å². The Balaban J connectivity index is 4.32. The Hall–Kier alpha value is -1.59. The first-order chi connectivity index (χ1) is 25.7. The highest BCUT2D eigenvalue weighted by molar-refractivity contribution is 5.71. The third kappa shape index (κ3) is 41.4. The van der Waals surface area contributed by atoms with Gasteiger partial charge in [-0.1, -0.05) is 214 Å². The summed E-state index contributed by atoms with van der Waals surface area (Å²) in [4.78, 5) is 37.7. The smallest absolute Gasteiger partial charge is 0.306 e. The largest absolute Gasteiger partial charge is 0.462 e. The van der Waals surface area contributed by atoms with Gasteiger partial charge in [0, 0.05) is 19.3 Å². The van der Waals surface area contributed by atoms with Crippen LogP contribution in [0.2, 0.25) is 0 Å². The lowest BCUT2D eigenvalue weighted by Crippen LogP contribution is -2.30. The number of esters is 3. The van der Waals surface area contributed by atoms with Crippen molar-refractivity contribution in [2.24, 2.45) is 11.8 Å². The molecule has 0 spiro atoms. The first-order valence-corrected chi connectivity index (χ1v) is 23.2. The van der Waals surface area contributed by atoms with Crippen molar-refractivity contribution in [3.05, 3.63) is 0 Å². The first kappa shape index (κ1) is 51.4. The molecule has 0 rings (SSSR count). The second-order valence-corrected chi connectivity index (χ2v) is 17.0. The van der Waals surface area contributed by atoms with Gasteiger partial charge >= 0.3 is 17.9 Å². The van der Waals surface area contributed by atoms with E-state index in [-0.39, 0.29) is 31.1 Å². The highest BCUT2D eigenvalue weighted by Gasteiger charge is 2.19. The zero-order chi connectivity index (χ0) is 39.0. The number of rotatable bonds is 41. The molecule has 0 aromatic heterocycles. The van der Waals surface area contributed by atoms with E-state index in [4.69, 9.17) is 14.2 Å². The van der Waals surface area contributed by atoms with E-state index < -0.39 is 6.10 Å². The van der Waals surface area contributed by atoms with Crippen molar-refractivity contribution >= 4 is 17.9 Å². The molecule has 1 atom stereocenters. The summed E-state index contributed by atoms with van der Waals surface area (Å²) in [5.41, 5.74) is 0. The second-order valence-electron chi connectivity index (χ2n) is 17.0. The Morgan fingerprint density at radius 3 is 0.925 bits per heavy atom. The number of hydrogen-bond acceptors (Lipinski definition) is 6. The molecule has 53 heavy (non-hydrogen) atoms. The molecule has 0 heterocycles. The van der Waals surface area contributed by atoms with Crippen LogP contribution in [0.1, 0.15) is 253 Å². The van der Waals surface area contributed by atoms with E-state index in [1.54, 1.807) is 0 Å². The molecule has 0 saturated heterocycles. The number of hydrogen-bond donors (Lipinski definition) is 0. The Kier molecular flexibility index (Phi) is 38.9. The Morgan fingerprint density at radius 1 is 0.358 bits per heavy atom. The molecular weight excluding hydrogens is 661 g/mol. The fourth-order valence-electron chi connectivity index (χ4n) is 6.93. The van der Waals surface area contributed by atoms with E-state index in [0.29, 0.717) is 19.3 Å². The third-order valence-corrected chi connectivity index (χ3v) is 10.5. The SMILES string of the molecule is CCCCCCCCCCCCCCCC(=O)OC[C@H](COC(=O)CCCCCCCCC(C)C)OC(=O)CCCCCCCCCCCCC(C)C. The topological polar surface area (TPSA) is 78.9 Å². The van der Waals surface area contributed by atoms with E-state index in [1.165, 1.54) is 141 Å².